The molecule has 4 N–H and O–H groups in total. The van der Waals surface area contributed by atoms with Crippen molar-refractivity contribution in [3.05, 3.63) is 17.4 Å². The first-order chi connectivity index (χ1) is 12.0. The van der Waals surface area contributed by atoms with Crippen molar-refractivity contribution in [3.8, 4) is 5.75 Å². The maximum absolute atomic E-state index is 15.0. The zero-order valence-electron chi connectivity index (χ0n) is 14.4. The van der Waals surface area contributed by atoms with Crippen LogP contribution in [0.5, 0.6) is 5.75 Å². The molecule has 0 bridgehead atoms. The zero-order valence-corrected chi connectivity index (χ0v) is 14.4. The minimum Gasteiger partial charge on any atom is -0.492 e. The van der Waals surface area contributed by atoms with Crippen LogP contribution in [0, 0.1) is 11.7 Å². The van der Waals surface area contributed by atoms with E-state index in [9.17, 15) is 8.78 Å². The summed E-state index contributed by atoms with van der Waals surface area (Å²) in [5, 5.41) is 1.68. The fourth-order valence-corrected chi connectivity index (χ4v) is 4.04. The van der Waals surface area contributed by atoms with E-state index < -0.39 is 12.0 Å². The molecule has 1 aromatic carbocycles. The third kappa shape index (κ3) is 2.82. The Hall–Kier alpha value is -1.64. The lowest BCUT2D eigenvalue weighted by Gasteiger charge is -2.38. The van der Waals surface area contributed by atoms with Gasteiger partial charge in [-0.25, -0.2) is 13.8 Å². The van der Waals surface area contributed by atoms with Crippen molar-refractivity contribution >= 4 is 11.4 Å². The number of anilines is 2. The maximum atomic E-state index is 15.0. The lowest BCUT2D eigenvalue weighted by atomic mass is 10.1. The quantitative estimate of drug-likeness (QED) is 0.793. The van der Waals surface area contributed by atoms with Crippen molar-refractivity contribution in [2.24, 2.45) is 17.5 Å². The molecule has 4 rings (SSSR count). The third-order valence-corrected chi connectivity index (χ3v) is 5.43. The minimum atomic E-state index is -1.05. The Labute approximate surface area is 146 Å². The van der Waals surface area contributed by atoms with Crippen molar-refractivity contribution in [3.63, 3.8) is 0 Å². The van der Waals surface area contributed by atoms with Crippen LogP contribution in [0.15, 0.2) is 6.07 Å². The molecule has 3 aliphatic rings. The molecule has 0 unspecified atom stereocenters. The topological polar surface area (TPSA) is 71.0 Å². The van der Waals surface area contributed by atoms with Gasteiger partial charge in [-0.3, -0.25) is 5.84 Å². The van der Waals surface area contributed by atoms with E-state index >= 15 is 0 Å². The van der Waals surface area contributed by atoms with E-state index in [0.717, 1.165) is 24.1 Å². The third-order valence-electron chi connectivity index (χ3n) is 5.43. The highest BCUT2D eigenvalue weighted by molar-refractivity contribution is 5.78. The maximum Gasteiger partial charge on any atom is 0.168 e. The van der Waals surface area contributed by atoms with Crippen LogP contribution >= 0.6 is 0 Å². The first kappa shape index (κ1) is 16.8. The second-order valence-electron chi connectivity index (χ2n) is 7.25. The van der Waals surface area contributed by atoms with Crippen LogP contribution in [0.4, 0.5) is 20.2 Å². The fraction of sp³-hybridized carbons (Fsp3) is 0.647. The highest BCUT2D eigenvalue weighted by Gasteiger charge is 2.40. The Bertz CT molecular complexity index is 669. The van der Waals surface area contributed by atoms with E-state index in [1.165, 1.54) is 6.07 Å². The van der Waals surface area contributed by atoms with E-state index in [2.05, 4.69) is 4.90 Å². The van der Waals surface area contributed by atoms with Crippen LogP contribution in [0.3, 0.4) is 0 Å². The second-order valence-corrected chi connectivity index (χ2v) is 7.25. The monoisotopic (exact) mass is 353 g/mol. The summed E-state index contributed by atoms with van der Waals surface area (Å²) in [4.78, 5) is 3.92. The summed E-state index contributed by atoms with van der Waals surface area (Å²) in [6.07, 6.45) is 1.13. The molecule has 8 heteroatoms. The molecule has 1 saturated heterocycles. The molecule has 2 atom stereocenters. The Morgan fingerprint density at radius 1 is 1.28 bits per heavy atom. The van der Waals surface area contributed by atoms with E-state index in [-0.39, 0.29) is 19.0 Å². The van der Waals surface area contributed by atoms with Gasteiger partial charge in [0.15, 0.2) is 11.6 Å². The molecule has 1 aliphatic carbocycles. The smallest absolute Gasteiger partial charge is 0.168 e. The Kier molecular flexibility index (Phi) is 4.21. The van der Waals surface area contributed by atoms with Crippen LogP contribution in [0.1, 0.15) is 18.4 Å². The van der Waals surface area contributed by atoms with E-state index in [0.29, 0.717) is 37.2 Å². The fourth-order valence-electron chi connectivity index (χ4n) is 4.04. The van der Waals surface area contributed by atoms with Gasteiger partial charge in [0, 0.05) is 31.6 Å². The van der Waals surface area contributed by atoms with Gasteiger partial charge in [0.25, 0.3) is 0 Å². The summed E-state index contributed by atoms with van der Waals surface area (Å²) in [5.74, 6) is 5.83. The molecule has 2 heterocycles. The minimum absolute atomic E-state index is 0.139. The van der Waals surface area contributed by atoms with Crippen LogP contribution < -0.4 is 26.1 Å². The van der Waals surface area contributed by atoms with Crippen molar-refractivity contribution in [2.45, 2.75) is 31.6 Å². The Morgan fingerprint density at radius 3 is 2.64 bits per heavy atom. The molecule has 2 fully saturated rings. The van der Waals surface area contributed by atoms with Gasteiger partial charge in [0.2, 0.25) is 0 Å². The number of nitrogens with two attached hydrogens (primary N) is 2. The van der Waals surface area contributed by atoms with Gasteiger partial charge in [-0.1, -0.05) is 0 Å². The largest absolute Gasteiger partial charge is 0.492 e. The van der Waals surface area contributed by atoms with Gasteiger partial charge < -0.3 is 20.3 Å². The average Bonchev–Trinajstić information content (AvgIpc) is 3.35. The number of methoxy groups -OCH3 is 1. The van der Waals surface area contributed by atoms with Crippen molar-refractivity contribution in [1.82, 2.24) is 5.01 Å². The van der Waals surface area contributed by atoms with Gasteiger partial charge >= 0.3 is 0 Å². The number of hydrogen-bond acceptors (Lipinski definition) is 6. The summed E-state index contributed by atoms with van der Waals surface area (Å²) in [6.45, 7) is 1.83. The van der Waals surface area contributed by atoms with Gasteiger partial charge in [-0.15, -0.1) is 0 Å². The number of alkyl halides is 1. The highest BCUT2D eigenvalue weighted by Crippen LogP contribution is 2.48. The Morgan fingerprint density at radius 2 is 2.04 bits per heavy atom. The summed E-state index contributed by atoms with van der Waals surface area (Å²) < 4.78 is 34.8. The summed E-state index contributed by atoms with van der Waals surface area (Å²) >= 11 is 0. The number of benzene rings is 1. The molecule has 0 spiro atoms. The highest BCUT2D eigenvalue weighted by atomic mass is 19.1. The molecule has 138 valence electrons. The second kappa shape index (κ2) is 6.26. The predicted octanol–water partition coefficient (Wildman–Crippen LogP) is 1.18. The number of hydrogen-bond donors (Lipinski definition) is 2. The number of hydrazine groups is 1. The normalized spacial score (nSPS) is 26.9. The molecule has 0 amide bonds. The number of halogens is 2. The molecule has 0 aromatic heterocycles. The number of rotatable bonds is 4. The summed E-state index contributed by atoms with van der Waals surface area (Å²) in [6, 6.07) is 1.92. The van der Waals surface area contributed by atoms with Gasteiger partial charge in [-0.2, -0.15) is 0 Å². The Balaban J connectivity index is 1.79. The number of ether oxygens (including phenoxy) is 1. The van der Waals surface area contributed by atoms with E-state index in [1.807, 2.05) is 0 Å². The number of fused-ring (bicyclic) bond motifs is 1. The lowest BCUT2D eigenvalue weighted by Crippen LogP contribution is -2.47. The first-order valence-corrected chi connectivity index (χ1v) is 8.78. The van der Waals surface area contributed by atoms with E-state index in [1.54, 1.807) is 17.0 Å². The zero-order chi connectivity index (χ0) is 17.7. The average molecular weight is 353 g/mol. The molecule has 6 nitrogen and oxygen atoms in total. The van der Waals surface area contributed by atoms with Gasteiger partial charge in [-0.05, 0) is 31.0 Å². The first-order valence-electron chi connectivity index (χ1n) is 8.78. The predicted molar refractivity (Wildman–Crippen MR) is 92.7 cm³/mol. The van der Waals surface area contributed by atoms with Crippen molar-refractivity contribution < 1.29 is 13.5 Å². The standard InChI is InChI=1S/C17H25F2N5O/c1-25-17-15-10(7-23(21)9-24(15)12-2-3-12)4-13(18)16(17)22-6-11(5-20)14(19)8-22/h4,11-12,14H,2-3,5-9,20-21H2,1H3/t11-,14+/m1/s1. The van der Waals surface area contributed by atoms with Crippen LogP contribution in [-0.2, 0) is 6.54 Å². The molecule has 1 saturated carbocycles. The molecular weight excluding hydrogens is 328 g/mol. The van der Waals surface area contributed by atoms with Gasteiger partial charge in [0.05, 0.1) is 19.5 Å². The molecule has 1 aromatic rings. The van der Waals surface area contributed by atoms with Gasteiger partial charge in [0.1, 0.15) is 11.9 Å². The van der Waals surface area contributed by atoms with Crippen LogP contribution in [0.2, 0.25) is 0 Å². The number of nitrogens with zero attached hydrogens (tertiary/aromatic N) is 3. The SMILES string of the molecule is COc1c(N2C[C@@H](CN)[C@@H](F)C2)c(F)cc2c1N(C1CC1)CN(N)C2. The van der Waals surface area contributed by atoms with E-state index in [4.69, 9.17) is 16.3 Å². The lowest BCUT2D eigenvalue weighted by molar-refractivity contribution is 0.255. The summed E-state index contributed by atoms with van der Waals surface area (Å²) in [7, 11) is 1.54. The molecular formula is C17H25F2N5O. The van der Waals surface area contributed by atoms with Crippen LogP contribution in [-0.4, -0.2) is 50.6 Å². The summed E-state index contributed by atoms with van der Waals surface area (Å²) in [5.41, 5.74) is 7.70. The molecule has 25 heavy (non-hydrogen) atoms. The van der Waals surface area contributed by atoms with Crippen LogP contribution in [0.25, 0.3) is 0 Å². The van der Waals surface area contributed by atoms with Crippen molar-refractivity contribution in [2.75, 3.05) is 43.2 Å². The molecule has 2 aliphatic heterocycles. The van der Waals surface area contributed by atoms with Crippen molar-refractivity contribution in [1.29, 1.82) is 0 Å². The molecule has 0 radical (unpaired) electrons.